The number of hydrogen-bond acceptors (Lipinski definition) is 5. The van der Waals surface area contributed by atoms with E-state index in [0.29, 0.717) is 11.5 Å². The molecule has 1 aliphatic heterocycles. The lowest BCUT2D eigenvalue weighted by molar-refractivity contribution is 0.174. The molecule has 2 aromatic carbocycles. The van der Waals surface area contributed by atoms with Crippen molar-refractivity contribution in [3.8, 4) is 11.5 Å². The molecule has 2 heterocycles. The van der Waals surface area contributed by atoms with Crippen molar-refractivity contribution in [1.29, 1.82) is 0 Å². The fraction of sp³-hybridized carbons (Fsp3) is 0.133. The predicted molar refractivity (Wildman–Crippen MR) is 82.7 cm³/mol. The van der Waals surface area contributed by atoms with Crippen LogP contribution in [0.3, 0.4) is 0 Å². The van der Waals surface area contributed by atoms with E-state index in [9.17, 15) is 8.42 Å². The highest BCUT2D eigenvalue weighted by Gasteiger charge is 2.20. The number of aromatic nitrogens is 2. The summed E-state index contributed by atoms with van der Waals surface area (Å²) in [6.07, 6.45) is 1.60. The molecule has 0 fully saturated rings. The van der Waals surface area contributed by atoms with Crippen LogP contribution in [0.25, 0.3) is 11.0 Å². The summed E-state index contributed by atoms with van der Waals surface area (Å²) in [7, 11) is -3.63. The lowest BCUT2D eigenvalue weighted by Crippen LogP contribution is -2.23. The molecule has 0 radical (unpaired) electrons. The summed E-state index contributed by atoms with van der Waals surface area (Å²) in [5, 5.41) is 0. The average molecular weight is 331 g/mol. The maximum Gasteiger partial charge on any atom is 0.241 e. The Morgan fingerprint density at radius 1 is 1.13 bits per heavy atom. The lowest BCUT2D eigenvalue weighted by atomic mass is 10.2. The van der Waals surface area contributed by atoms with Crippen LogP contribution in [0.1, 0.15) is 5.56 Å². The van der Waals surface area contributed by atoms with E-state index in [0.717, 1.165) is 16.6 Å². The molecule has 0 bridgehead atoms. The van der Waals surface area contributed by atoms with Crippen LogP contribution in [-0.2, 0) is 16.6 Å². The number of benzene rings is 2. The van der Waals surface area contributed by atoms with Gasteiger partial charge in [-0.25, -0.2) is 18.1 Å². The summed E-state index contributed by atoms with van der Waals surface area (Å²) in [6, 6.07) is 10.1. The van der Waals surface area contributed by atoms with Crippen LogP contribution in [0.15, 0.2) is 47.6 Å². The summed E-state index contributed by atoms with van der Waals surface area (Å²) in [6.45, 7) is 0.294. The van der Waals surface area contributed by atoms with Crippen molar-refractivity contribution in [2.45, 2.75) is 11.4 Å². The number of nitrogens with one attached hydrogen (secondary N) is 2. The molecule has 23 heavy (non-hydrogen) atoms. The van der Waals surface area contributed by atoms with Crippen LogP contribution in [0.4, 0.5) is 0 Å². The van der Waals surface area contributed by atoms with Gasteiger partial charge in [0.25, 0.3) is 0 Å². The van der Waals surface area contributed by atoms with Crippen molar-refractivity contribution in [2.75, 3.05) is 6.79 Å². The van der Waals surface area contributed by atoms with Gasteiger partial charge in [0, 0.05) is 12.6 Å². The topological polar surface area (TPSA) is 93.3 Å². The van der Waals surface area contributed by atoms with Gasteiger partial charge in [-0.05, 0) is 29.8 Å². The second-order valence-electron chi connectivity index (χ2n) is 5.09. The number of aromatic amines is 1. The number of rotatable bonds is 4. The Bertz CT molecular complexity index is 981. The van der Waals surface area contributed by atoms with E-state index < -0.39 is 10.0 Å². The van der Waals surface area contributed by atoms with E-state index in [1.807, 2.05) is 18.2 Å². The molecule has 0 atom stereocenters. The Labute approximate surface area is 132 Å². The largest absolute Gasteiger partial charge is 0.454 e. The summed E-state index contributed by atoms with van der Waals surface area (Å²) in [4.78, 5) is 7.27. The predicted octanol–water partition coefficient (Wildman–Crippen LogP) is 1.77. The quantitative estimate of drug-likeness (QED) is 0.760. The summed E-state index contributed by atoms with van der Waals surface area (Å²) >= 11 is 0. The van der Waals surface area contributed by atoms with Crippen molar-refractivity contribution >= 4 is 21.1 Å². The minimum absolute atomic E-state index is 0.108. The fourth-order valence-electron chi connectivity index (χ4n) is 2.40. The molecular formula is C15H13N3O4S. The first-order valence-electron chi connectivity index (χ1n) is 6.93. The zero-order valence-electron chi connectivity index (χ0n) is 11.9. The van der Waals surface area contributed by atoms with E-state index in [4.69, 9.17) is 9.47 Å². The standard InChI is InChI=1S/C15H13N3O4S/c19-23(20,11-2-4-14-15(6-11)22-9-21-14)18-7-10-1-3-12-13(5-10)17-8-16-12/h1-6,8,18H,7,9H2,(H,16,17). The Morgan fingerprint density at radius 2 is 2.00 bits per heavy atom. The van der Waals surface area contributed by atoms with Gasteiger partial charge in [0.05, 0.1) is 22.3 Å². The third-order valence-corrected chi connectivity index (χ3v) is 5.00. The smallest absolute Gasteiger partial charge is 0.241 e. The van der Waals surface area contributed by atoms with Gasteiger partial charge in [-0.15, -0.1) is 0 Å². The number of sulfonamides is 1. The van der Waals surface area contributed by atoms with Gasteiger partial charge in [-0.2, -0.15) is 0 Å². The van der Waals surface area contributed by atoms with Crippen LogP contribution in [-0.4, -0.2) is 25.2 Å². The molecule has 4 rings (SSSR count). The first-order valence-corrected chi connectivity index (χ1v) is 8.41. The molecule has 7 nitrogen and oxygen atoms in total. The minimum Gasteiger partial charge on any atom is -0.454 e. The molecule has 3 aromatic rings. The first kappa shape index (κ1) is 14.0. The van der Waals surface area contributed by atoms with Crippen molar-refractivity contribution in [3.05, 3.63) is 48.3 Å². The Kier molecular flexibility index (Phi) is 3.21. The van der Waals surface area contributed by atoms with Gasteiger partial charge in [-0.1, -0.05) is 6.07 Å². The Morgan fingerprint density at radius 3 is 2.91 bits per heavy atom. The van der Waals surface area contributed by atoms with Crippen molar-refractivity contribution in [2.24, 2.45) is 0 Å². The average Bonchev–Trinajstić information content (AvgIpc) is 3.20. The third-order valence-electron chi connectivity index (χ3n) is 3.61. The first-order chi connectivity index (χ1) is 11.1. The molecule has 118 valence electrons. The molecule has 0 amide bonds. The molecule has 2 N–H and O–H groups in total. The fourth-order valence-corrected chi connectivity index (χ4v) is 3.43. The third kappa shape index (κ3) is 2.62. The second-order valence-corrected chi connectivity index (χ2v) is 6.86. The highest BCUT2D eigenvalue weighted by atomic mass is 32.2. The van der Waals surface area contributed by atoms with E-state index in [2.05, 4.69) is 14.7 Å². The molecule has 1 aromatic heterocycles. The van der Waals surface area contributed by atoms with Crippen LogP contribution < -0.4 is 14.2 Å². The van der Waals surface area contributed by atoms with Crippen LogP contribution >= 0.6 is 0 Å². The van der Waals surface area contributed by atoms with E-state index in [1.165, 1.54) is 12.1 Å². The Hall–Kier alpha value is -2.58. The maximum absolute atomic E-state index is 12.4. The number of imidazole rings is 1. The van der Waals surface area contributed by atoms with Crippen molar-refractivity contribution < 1.29 is 17.9 Å². The van der Waals surface area contributed by atoms with Gasteiger partial charge in [0.15, 0.2) is 11.5 Å². The highest BCUT2D eigenvalue weighted by Crippen LogP contribution is 2.33. The highest BCUT2D eigenvalue weighted by molar-refractivity contribution is 7.89. The summed E-state index contributed by atoms with van der Waals surface area (Å²) < 4.78 is 37.8. The molecule has 0 unspecified atom stereocenters. The van der Waals surface area contributed by atoms with Gasteiger partial charge in [-0.3, -0.25) is 0 Å². The molecule has 0 spiro atoms. The molecule has 0 saturated carbocycles. The number of nitrogens with zero attached hydrogens (tertiary/aromatic N) is 1. The second kappa shape index (κ2) is 5.25. The van der Waals surface area contributed by atoms with Gasteiger partial charge in [0.1, 0.15) is 0 Å². The maximum atomic E-state index is 12.4. The van der Waals surface area contributed by atoms with Crippen LogP contribution in [0.2, 0.25) is 0 Å². The molecule has 0 aliphatic carbocycles. The van der Waals surface area contributed by atoms with Gasteiger partial charge >= 0.3 is 0 Å². The van der Waals surface area contributed by atoms with Crippen LogP contribution in [0, 0.1) is 0 Å². The van der Waals surface area contributed by atoms with E-state index >= 15 is 0 Å². The van der Waals surface area contributed by atoms with Crippen LogP contribution in [0.5, 0.6) is 11.5 Å². The molecular weight excluding hydrogens is 318 g/mol. The number of fused-ring (bicyclic) bond motifs is 2. The molecule has 8 heteroatoms. The Balaban J connectivity index is 1.55. The minimum atomic E-state index is -3.63. The summed E-state index contributed by atoms with van der Waals surface area (Å²) in [5.41, 5.74) is 2.54. The monoisotopic (exact) mass is 331 g/mol. The SMILES string of the molecule is O=S(=O)(NCc1ccc2nc[nH]c2c1)c1ccc2c(c1)OCO2. The molecule has 1 aliphatic rings. The number of hydrogen-bond donors (Lipinski definition) is 2. The van der Waals surface area contributed by atoms with E-state index in [1.54, 1.807) is 12.4 Å². The summed E-state index contributed by atoms with van der Waals surface area (Å²) in [5.74, 6) is 0.986. The van der Waals surface area contributed by atoms with Gasteiger partial charge < -0.3 is 14.5 Å². The zero-order chi connectivity index (χ0) is 15.9. The molecule has 0 saturated heterocycles. The zero-order valence-corrected chi connectivity index (χ0v) is 12.8. The normalized spacial score (nSPS) is 13.6. The lowest BCUT2D eigenvalue weighted by Gasteiger charge is -2.08. The number of ether oxygens (including phenoxy) is 2. The van der Waals surface area contributed by atoms with Crippen molar-refractivity contribution in [1.82, 2.24) is 14.7 Å². The van der Waals surface area contributed by atoms with Gasteiger partial charge in [0.2, 0.25) is 16.8 Å². The van der Waals surface area contributed by atoms with Crippen molar-refractivity contribution in [3.63, 3.8) is 0 Å². The van der Waals surface area contributed by atoms with E-state index in [-0.39, 0.29) is 18.2 Å². The number of H-pyrrole nitrogens is 1.